The van der Waals surface area contributed by atoms with Crippen LogP contribution < -0.4 is 5.32 Å². The first kappa shape index (κ1) is 20.5. The lowest BCUT2D eigenvalue weighted by Crippen LogP contribution is -2.39. The van der Waals surface area contributed by atoms with Crippen LogP contribution in [-0.2, 0) is 20.1 Å². The predicted octanol–water partition coefficient (Wildman–Crippen LogP) is 2.64. The third-order valence-electron chi connectivity index (χ3n) is 4.06. The van der Waals surface area contributed by atoms with E-state index in [1.54, 1.807) is 0 Å². The van der Waals surface area contributed by atoms with Gasteiger partial charge in [-0.1, -0.05) is 0 Å². The Balaban J connectivity index is 0.00000288. The van der Waals surface area contributed by atoms with Crippen molar-refractivity contribution >= 4 is 29.9 Å². The van der Waals surface area contributed by atoms with Crippen molar-refractivity contribution in [1.29, 1.82) is 0 Å². The Morgan fingerprint density at radius 2 is 2.12 bits per heavy atom. The van der Waals surface area contributed by atoms with Gasteiger partial charge in [0.15, 0.2) is 5.96 Å². The van der Waals surface area contributed by atoms with Gasteiger partial charge in [0.25, 0.3) is 0 Å². The van der Waals surface area contributed by atoms with Crippen molar-refractivity contribution in [2.45, 2.75) is 32.9 Å². The van der Waals surface area contributed by atoms with Crippen molar-refractivity contribution < 1.29 is 0 Å². The maximum atomic E-state index is 4.37. The van der Waals surface area contributed by atoms with Crippen LogP contribution in [0.2, 0.25) is 0 Å². The molecule has 0 radical (unpaired) electrons. The summed E-state index contributed by atoms with van der Waals surface area (Å²) < 4.78 is 4.33. The molecule has 0 saturated heterocycles. The molecule has 0 aromatic carbocycles. The van der Waals surface area contributed by atoms with Crippen molar-refractivity contribution in [3.63, 3.8) is 0 Å². The molecule has 2 rings (SSSR count). The number of nitrogens with zero attached hydrogens (tertiary/aromatic N) is 5. The molecule has 2 heterocycles. The van der Waals surface area contributed by atoms with Gasteiger partial charge in [0.2, 0.25) is 0 Å². The molecule has 0 fully saturated rings. The second-order valence-electron chi connectivity index (χ2n) is 5.82. The SMILES string of the molecule is CN=C(NCCCCn1ccnc1C)N(C)Cc1cccn1C.I. The average Bonchev–Trinajstić information content (AvgIpc) is 3.12. The van der Waals surface area contributed by atoms with E-state index in [0.29, 0.717) is 0 Å². The number of rotatable bonds is 7. The van der Waals surface area contributed by atoms with E-state index in [-0.39, 0.29) is 24.0 Å². The molecule has 2 aromatic rings. The van der Waals surface area contributed by atoms with Crippen LogP contribution in [0.3, 0.4) is 0 Å². The highest BCUT2D eigenvalue weighted by atomic mass is 127. The van der Waals surface area contributed by atoms with Gasteiger partial charge in [-0.25, -0.2) is 4.98 Å². The second-order valence-corrected chi connectivity index (χ2v) is 5.82. The third-order valence-corrected chi connectivity index (χ3v) is 4.06. The molecule has 0 saturated carbocycles. The average molecular weight is 444 g/mol. The molecule has 2 aromatic heterocycles. The summed E-state index contributed by atoms with van der Waals surface area (Å²) in [6.45, 7) is 4.83. The van der Waals surface area contributed by atoms with Crippen LogP contribution in [0.15, 0.2) is 35.7 Å². The maximum absolute atomic E-state index is 4.37. The van der Waals surface area contributed by atoms with Crippen molar-refractivity contribution in [2.24, 2.45) is 12.0 Å². The van der Waals surface area contributed by atoms with Crippen molar-refractivity contribution in [3.8, 4) is 0 Å². The van der Waals surface area contributed by atoms with Gasteiger partial charge in [-0.05, 0) is 31.9 Å². The first-order valence-corrected chi connectivity index (χ1v) is 8.11. The molecular weight excluding hydrogens is 415 g/mol. The number of nitrogens with one attached hydrogen (secondary N) is 1. The van der Waals surface area contributed by atoms with E-state index in [2.05, 4.69) is 61.8 Å². The Morgan fingerprint density at radius 1 is 1.33 bits per heavy atom. The van der Waals surface area contributed by atoms with Gasteiger partial charge in [0.05, 0.1) is 6.54 Å². The molecule has 0 aliphatic carbocycles. The van der Waals surface area contributed by atoms with E-state index in [1.807, 2.05) is 26.4 Å². The zero-order valence-corrected chi connectivity index (χ0v) is 17.4. The smallest absolute Gasteiger partial charge is 0.193 e. The molecule has 0 atom stereocenters. The monoisotopic (exact) mass is 444 g/mol. The molecule has 6 nitrogen and oxygen atoms in total. The van der Waals surface area contributed by atoms with E-state index in [9.17, 15) is 0 Å². The van der Waals surface area contributed by atoms with Crippen molar-refractivity contribution in [3.05, 3.63) is 42.2 Å². The second kappa shape index (κ2) is 10.4. The fourth-order valence-corrected chi connectivity index (χ4v) is 2.61. The number of hydrogen-bond donors (Lipinski definition) is 1. The van der Waals surface area contributed by atoms with Crippen LogP contribution in [0.1, 0.15) is 24.4 Å². The van der Waals surface area contributed by atoms with Crippen LogP contribution >= 0.6 is 24.0 Å². The van der Waals surface area contributed by atoms with Crippen LogP contribution in [0.25, 0.3) is 0 Å². The highest BCUT2D eigenvalue weighted by molar-refractivity contribution is 14.0. The first-order valence-electron chi connectivity index (χ1n) is 8.11. The Morgan fingerprint density at radius 3 is 2.71 bits per heavy atom. The normalized spacial score (nSPS) is 11.2. The molecule has 134 valence electrons. The molecular formula is C17H29IN6. The summed E-state index contributed by atoms with van der Waals surface area (Å²) in [5.41, 5.74) is 1.27. The Kier molecular flexibility index (Phi) is 8.88. The highest BCUT2D eigenvalue weighted by Gasteiger charge is 2.07. The Labute approximate surface area is 162 Å². The van der Waals surface area contributed by atoms with Gasteiger partial charge >= 0.3 is 0 Å². The lowest BCUT2D eigenvalue weighted by Gasteiger charge is -2.22. The number of aromatic nitrogens is 3. The van der Waals surface area contributed by atoms with Gasteiger partial charge in [-0.3, -0.25) is 4.99 Å². The summed E-state index contributed by atoms with van der Waals surface area (Å²) in [7, 11) is 5.97. The quantitative estimate of drug-likeness (QED) is 0.309. The summed E-state index contributed by atoms with van der Waals surface area (Å²) in [6.07, 6.45) is 8.19. The third kappa shape index (κ3) is 5.85. The van der Waals surface area contributed by atoms with Gasteiger partial charge in [0.1, 0.15) is 5.82 Å². The summed E-state index contributed by atoms with van der Waals surface area (Å²) in [5, 5.41) is 3.44. The lowest BCUT2D eigenvalue weighted by molar-refractivity contribution is 0.459. The van der Waals surface area contributed by atoms with Gasteiger partial charge < -0.3 is 19.4 Å². The zero-order valence-electron chi connectivity index (χ0n) is 15.1. The minimum absolute atomic E-state index is 0. The topological polar surface area (TPSA) is 50.4 Å². The number of halogens is 1. The molecule has 0 unspecified atom stereocenters. The summed E-state index contributed by atoms with van der Waals surface area (Å²) >= 11 is 0. The van der Waals surface area contributed by atoms with Crippen molar-refractivity contribution in [1.82, 2.24) is 24.3 Å². The van der Waals surface area contributed by atoms with Crippen LogP contribution in [0, 0.1) is 6.92 Å². The summed E-state index contributed by atoms with van der Waals surface area (Å²) in [4.78, 5) is 10.8. The van der Waals surface area contributed by atoms with Gasteiger partial charge in [-0.2, -0.15) is 0 Å². The minimum Gasteiger partial charge on any atom is -0.356 e. The van der Waals surface area contributed by atoms with Crippen molar-refractivity contribution in [2.75, 3.05) is 20.6 Å². The molecule has 24 heavy (non-hydrogen) atoms. The number of imidazole rings is 1. The minimum atomic E-state index is 0. The fourth-order valence-electron chi connectivity index (χ4n) is 2.61. The van der Waals surface area contributed by atoms with Crippen LogP contribution in [0.4, 0.5) is 0 Å². The van der Waals surface area contributed by atoms with Crippen LogP contribution in [0.5, 0.6) is 0 Å². The molecule has 0 spiro atoms. The molecule has 7 heteroatoms. The first-order chi connectivity index (χ1) is 11.1. The summed E-state index contributed by atoms with van der Waals surface area (Å²) in [5.74, 6) is 2.01. The molecule has 1 N–H and O–H groups in total. The predicted molar refractivity (Wildman–Crippen MR) is 110 cm³/mol. The largest absolute Gasteiger partial charge is 0.356 e. The zero-order chi connectivity index (χ0) is 16.7. The Hall–Kier alpha value is -1.51. The fraction of sp³-hybridized carbons (Fsp3) is 0.529. The number of aliphatic imine (C=N–C) groups is 1. The standard InChI is InChI=1S/C17H28N6.HI/c1-15-19-10-13-23(15)12-6-5-9-20-17(18-2)22(4)14-16-8-7-11-21(16)3;/h7-8,10-11,13H,5-6,9,12,14H2,1-4H3,(H,18,20);1H. The Bertz CT molecular complexity index is 631. The van der Waals surface area contributed by atoms with Gasteiger partial charge in [0, 0.05) is 58.5 Å². The maximum Gasteiger partial charge on any atom is 0.193 e. The highest BCUT2D eigenvalue weighted by Crippen LogP contribution is 2.04. The van der Waals surface area contributed by atoms with E-state index in [0.717, 1.165) is 44.3 Å². The number of unbranched alkanes of at least 4 members (excludes halogenated alkanes) is 1. The number of hydrogen-bond acceptors (Lipinski definition) is 2. The van der Waals surface area contributed by atoms with E-state index >= 15 is 0 Å². The lowest BCUT2D eigenvalue weighted by atomic mass is 10.3. The molecule has 0 bridgehead atoms. The van der Waals surface area contributed by atoms with Crippen LogP contribution in [-0.4, -0.2) is 45.6 Å². The van der Waals surface area contributed by atoms with E-state index in [4.69, 9.17) is 0 Å². The van der Waals surface area contributed by atoms with Gasteiger partial charge in [-0.15, -0.1) is 24.0 Å². The molecule has 0 aliphatic heterocycles. The molecule has 0 amide bonds. The number of guanidine groups is 1. The van der Waals surface area contributed by atoms with E-state index < -0.39 is 0 Å². The molecule has 0 aliphatic rings. The van der Waals surface area contributed by atoms with E-state index in [1.165, 1.54) is 5.69 Å². The summed E-state index contributed by atoms with van der Waals surface area (Å²) in [6, 6.07) is 4.20. The number of aryl methyl sites for hydroxylation is 3.